The fraction of sp³-hybridized carbons (Fsp3) is 0.429. The number of benzene rings is 1. The second-order valence-electron chi connectivity index (χ2n) is 6.10. The molecular formula is C14H18Cl2N6O2S. The maximum absolute atomic E-state index is 11.6. The van der Waals surface area contributed by atoms with E-state index in [1.54, 1.807) is 4.90 Å². The SMILES string of the molecule is NC1=NC2(CCCCC2)N(c2c(Cl)cc(S(N)(=O)=O)cc2Cl)C(N)=N1. The summed E-state index contributed by atoms with van der Waals surface area (Å²) in [5, 5.41) is 5.35. The molecule has 1 spiro atoms. The number of nitrogens with zero attached hydrogens (tertiary/aromatic N) is 3. The van der Waals surface area contributed by atoms with Crippen LogP contribution in [-0.4, -0.2) is 26.0 Å². The first-order chi connectivity index (χ1) is 11.6. The van der Waals surface area contributed by atoms with Gasteiger partial charge in [0.1, 0.15) is 5.66 Å². The smallest absolute Gasteiger partial charge is 0.238 e. The highest BCUT2D eigenvalue weighted by molar-refractivity contribution is 7.89. The monoisotopic (exact) mass is 404 g/mol. The standard InChI is InChI=1S/C14H18Cl2N6O2S/c15-9-6-8(25(19,23)24)7-10(16)11(9)22-13(18)20-12(17)21-14(22)4-2-1-3-5-14/h6-7H,1-5H2,(H2,19,23,24)(H4,17,18,20,21). The van der Waals surface area contributed by atoms with Gasteiger partial charge in [0.25, 0.3) is 0 Å². The van der Waals surface area contributed by atoms with Gasteiger partial charge in [-0.3, -0.25) is 4.90 Å². The Morgan fingerprint density at radius 3 is 2.16 bits per heavy atom. The highest BCUT2D eigenvalue weighted by Crippen LogP contribution is 2.45. The summed E-state index contributed by atoms with van der Waals surface area (Å²) in [4.78, 5) is 10.0. The third-order valence-corrected chi connectivity index (χ3v) is 5.86. The Hall–Kier alpha value is -1.55. The third-order valence-electron chi connectivity index (χ3n) is 4.39. The number of hydrogen-bond acceptors (Lipinski definition) is 7. The lowest BCUT2D eigenvalue weighted by Crippen LogP contribution is -2.58. The van der Waals surface area contributed by atoms with Gasteiger partial charge in [0, 0.05) is 0 Å². The molecule has 0 unspecified atom stereocenters. The van der Waals surface area contributed by atoms with Crippen molar-refractivity contribution in [3.8, 4) is 0 Å². The van der Waals surface area contributed by atoms with Crippen LogP contribution in [0, 0.1) is 0 Å². The Bertz CT molecular complexity index is 854. The highest BCUT2D eigenvalue weighted by Gasteiger charge is 2.44. The number of halogens is 2. The van der Waals surface area contributed by atoms with Gasteiger partial charge < -0.3 is 11.5 Å². The van der Waals surface area contributed by atoms with E-state index in [9.17, 15) is 8.42 Å². The topological polar surface area (TPSA) is 140 Å². The zero-order valence-corrected chi connectivity index (χ0v) is 15.6. The number of primary sulfonamides is 1. The summed E-state index contributed by atoms with van der Waals surface area (Å²) in [6.45, 7) is 0. The second kappa shape index (κ2) is 6.31. The number of aliphatic imine (C=N–C) groups is 2. The number of guanidine groups is 2. The van der Waals surface area contributed by atoms with E-state index in [-0.39, 0.29) is 26.9 Å². The molecule has 11 heteroatoms. The average molecular weight is 405 g/mol. The first kappa shape index (κ1) is 18.2. The Balaban J connectivity index is 2.18. The van der Waals surface area contributed by atoms with Gasteiger partial charge >= 0.3 is 0 Å². The van der Waals surface area contributed by atoms with E-state index in [0.29, 0.717) is 18.5 Å². The molecule has 0 bridgehead atoms. The zero-order valence-electron chi connectivity index (χ0n) is 13.2. The molecule has 136 valence electrons. The van der Waals surface area contributed by atoms with E-state index in [1.165, 1.54) is 12.1 Å². The van der Waals surface area contributed by atoms with E-state index in [0.717, 1.165) is 19.3 Å². The quantitative estimate of drug-likeness (QED) is 0.688. The fourth-order valence-electron chi connectivity index (χ4n) is 3.37. The predicted molar refractivity (Wildman–Crippen MR) is 99.4 cm³/mol. The lowest BCUT2D eigenvalue weighted by Gasteiger charge is -2.46. The molecule has 1 aliphatic heterocycles. The predicted octanol–water partition coefficient (Wildman–Crippen LogP) is 1.75. The number of nitrogens with two attached hydrogens (primary N) is 3. The first-order valence-corrected chi connectivity index (χ1v) is 9.96. The zero-order chi connectivity index (χ0) is 18.4. The summed E-state index contributed by atoms with van der Waals surface area (Å²) in [6.07, 6.45) is 4.35. The Morgan fingerprint density at radius 2 is 1.64 bits per heavy atom. The molecule has 1 heterocycles. The molecule has 8 nitrogen and oxygen atoms in total. The summed E-state index contributed by atoms with van der Waals surface area (Å²) in [5.41, 5.74) is 11.6. The van der Waals surface area contributed by atoms with E-state index in [2.05, 4.69) is 9.98 Å². The molecule has 0 saturated heterocycles. The second-order valence-corrected chi connectivity index (χ2v) is 8.47. The fourth-order valence-corrected chi connectivity index (χ4v) is 4.71. The van der Waals surface area contributed by atoms with Gasteiger partial charge in [0.05, 0.1) is 20.6 Å². The molecule has 0 radical (unpaired) electrons. The lowest BCUT2D eigenvalue weighted by atomic mass is 9.87. The summed E-state index contributed by atoms with van der Waals surface area (Å²) >= 11 is 12.7. The van der Waals surface area contributed by atoms with Crippen molar-refractivity contribution in [1.82, 2.24) is 0 Å². The average Bonchev–Trinajstić information content (AvgIpc) is 2.49. The molecule has 1 aliphatic carbocycles. The van der Waals surface area contributed by atoms with Crippen LogP contribution in [0.3, 0.4) is 0 Å². The maximum Gasteiger partial charge on any atom is 0.238 e. The minimum atomic E-state index is -3.95. The van der Waals surface area contributed by atoms with Crippen LogP contribution in [0.4, 0.5) is 5.69 Å². The van der Waals surface area contributed by atoms with E-state index >= 15 is 0 Å². The van der Waals surface area contributed by atoms with Gasteiger partial charge in [-0.05, 0) is 37.8 Å². The van der Waals surface area contributed by atoms with Crippen molar-refractivity contribution in [3.63, 3.8) is 0 Å². The van der Waals surface area contributed by atoms with Gasteiger partial charge in [-0.25, -0.2) is 18.5 Å². The van der Waals surface area contributed by atoms with Crippen LogP contribution >= 0.6 is 23.2 Å². The van der Waals surface area contributed by atoms with Crippen molar-refractivity contribution < 1.29 is 8.42 Å². The van der Waals surface area contributed by atoms with Crippen LogP contribution in [0.25, 0.3) is 0 Å². The lowest BCUT2D eigenvalue weighted by molar-refractivity contribution is 0.305. The minimum absolute atomic E-state index is 0.0929. The molecule has 0 aromatic heterocycles. The number of hydrogen-bond donors (Lipinski definition) is 3. The molecule has 0 atom stereocenters. The minimum Gasteiger partial charge on any atom is -0.369 e. The molecule has 25 heavy (non-hydrogen) atoms. The molecule has 6 N–H and O–H groups in total. The molecule has 3 rings (SSSR count). The Labute approximate surface area is 155 Å². The van der Waals surface area contributed by atoms with E-state index < -0.39 is 15.7 Å². The number of anilines is 1. The van der Waals surface area contributed by atoms with E-state index in [1.807, 2.05) is 0 Å². The third kappa shape index (κ3) is 3.29. The van der Waals surface area contributed by atoms with Crippen molar-refractivity contribution in [2.45, 2.75) is 42.7 Å². The molecule has 2 aliphatic rings. The van der Waals surface area contributed by atoms with Crippen molar-refractivity contribution in [3.05, 3.63) is 22.2 Å². The molecular weight excluding hydrogens is 387 g/mol. The summed E-state index contributed by atoms with van der Waals surface area (Å²) < 4.78 is 23.2. The van der Waals surface area contributed by atoms with Gasteiger partial charge in [-0.1, -0.05) is 29.6 Å². The molecule has 1 fully saturated rings. The largest absolute Gasteiger partial charge is 0.369 e. The van der Waals surface area contributed by atoms with Crippen molar-refractivity contribution in [2.24, 2.45) is 26.6 Å². The normalized spacial score (nSPS) is 20.4. The van der Waals surface area contributed by atoms with Gasteiger partial charge in [-0.15, -0.1) is 0 Å². The maximum atomic E-state index is 11.6. The van der Waals surface area contributed by atoms with Crippen molar-refractivity contribution >= 4 is 50.8 Å². The van der Waals surface area contributed by atoms with Gasteiger partial charge in [-0.2, -0.15) is 4.99 Å². The Morgan fingerprint density at radius 1 is 1.08 bits per heavy atom. The highest BCUT2D eigenvalue weighted by atomic mass is 35.5. The van der Waals surface area contributed by atoms with E-state index in [4.69, 9.17) is 39.8 Å². The molecule has 1 aromatic rings. The number of sulfonamides is 1. The summed E-state index contributed by atoms with van der Waals surface area (Å²) in [7, 11) is -3.95. The Kier molecular flexibility index (Phi) is 4.61. The van der Waals surface area contributed by atoms with Crippen LogP contribution in [0.1, 0.15) is 32.1 Å². The summed E-state index contributed by atoms with van der Waals surface area (Å²) in [6, 6.07) is 2.48. The molecule has 1 saturated carbocycles. The first-order valence-electron chi connectivity index (χ1n) is 7.66. The molecule has 1 aromatic carbocycles. The van der Waals surface area contributed by atoms with Crippen LogP contribution in [0.15, 0.2) is 27.0 Å². The van der Waals surface area contributed by atoms with Gasteiger partial charge in [0.2, 0.25) is 21.9 Å². The van der Waals surface area contributed by atoms with Crippen molar-refractivity contribution in [1.29, 1.82) is 0 Å². The molecule has 0 amide bonds. The van der Waals surface area contributed by atoms with Crippen LogP contribution in [-0.2, 0) is 10.0 Å². The van der Waals surface area contributed by atoms with Crippen molar-refractivity contribution in [2.75, 3.05) is 4.90 Å². The van der Waals surface area contributed by atoms with Crippen LogP contribution in [0.5, 0.6) is 0 Å². The van der Waals surface area contributed by atoms with Gasteiger partial charge in [0.15, 0.2) is 0 Å². The van der Waals surface area contributed by atoms with Crippen LogP contribution < -0.4 is 21.5 Å². The number of rotatable bonds is 2. The van der Waals surface area contributed by atoms with Crippen LogP contribution in [0.2, 0.25) is 10.0 Å². The summed E-state index contributed by atoms with van der Waals surface area (Å²) in [5.74, 6) is 0.214.